The zero-order valence-electron chi connectivity index (χ0n) is 61.1. The van der Waals surface area contributed by atoms with Gasteiger partial charge in [-0.05, 0) is 109 Å². The third kappa shape index (κ3) is 30.1. The van der Waals surface area contributed by atoms with Crippen molar-refractivity contribution in [2.24, 2.45) is 5.73 Å². The Labute approximate surface area is 664 Å². The topological polar surface area (TPSA) is 424 Å². The van der Waals surface area contributed by atoms with Gasteiger partial charge in [0.2, 0.25) is 5.91 Å². The highest BCUT2D eigenvalue weighted by Gasteiger charge is 2.24. The fraction of sp³-hybridized carbons (Fsp3) is 0.260. The zero-order valence-corrected chi connectivity index (χ0v) is 66.9. The van der Waals surface area contributed by atoms with Gasteiger partial charge in [-0.15, -0.1) is 62.3 Å². The molecule has 0 radical (unpaired) electrons. The predicted octanol–water partition coefficient (Wildman–Crippen LogP) is 16.2. The highest BCUT2D eigenvalue weighted by atomic mass is 79.9. The lowest BCUT2D eigenvalue weighted by molar-refractivity contribution is -0.385. The van der Waals surface area contributed by atoms with Crippen molar-refractivity contribution in [1.29, 1.82) is 0 Å². The summed E-state index contributed by atoms with van der Waals surface area (Å²) in [6.45, 7) is 9.00. The van der Waals surface area contributed by atoms with E-state index >= 15 is 0 Å². The second-order valence-electron chi connectivity index (χ2n) is 24.4. The minimum absolute atomic E-state index is 0. The number of carbonyl (C=O) groups is 3. The lowest BCUT2D eigenvalue weighted by Gasteiger charge is -2.17. The van der Waals surface area contributed by atoms with Crippen LogP contribution in [0.15, 0.2) is 210 Å². The molecule has 4 aromatic heterocycles. The lowest BCUT2D eigenvalue weighted by Crippen LogP contribution is -2.38. The van der Waals surface area contributed by atoms with Gasteiger partial charge in [0.25, 0.3) is 17.1 Å². The van der Waals surface area contributed by atoms with Gasteiger partial charge in [0.1, 0.15) is 20.0 Å². The maximum absolute atomic E-state index is 12.6. The molecule has 0 fully saturated rings. The zero-order chi connectivity index (χ0) is 77.4. The number of benzene rings is 7. The molecule has 110 heavy (non-hydrogen) atoms. The molecule has 27 nitrogen and oxygen atoms in total. The number of nitro benzene ring substituents is 3. The number of nitrogens with two attached hydrogens (primary N) is 1. The van der Waals surface area contributed by atoms with Gasteiger partial charge in [0, 0.05) is 83.1 Å². The Balaban J connectivity index is 0.000000230. The Hall–Kier alpha value is -10.6. The van der Waals surface area contributed by atoms with Gasteiger partial charge in [-0.3, -0.25) is 39.9 Å². The number of nitrogens with one attached hydrogen (secondary N) is 6. The number of urea groups is 2. The van der Waals surface area contributed by atoms with Crippen LogP contribution in [0.4, 0.5) is 32.3 Å². The van der Waals surface area contributed by atoms with Gasteiger partial charge in [0.05, 0.1) is 61.7 Å². The standard InChI is InChI=1S/C22H25N3O4S2.2C21H22N4O3S.C13H15N3O2S.BrH.H3N/c1-2-18-15-30-22(23-18)20(24-21(26)13-10-16-6-4-3-5-7-16)14-17-8-11-19(12-9-17)25-31(27,28)29;2*1-2-17-14-29-20(23-17)19(12-15-8-10-18(11-9-15)25(27)28)24-21(26)22-13-16-6-4-3-5-7-16;1-2-10-8-19-13(15-10)12(14)7-9-3-5-11(6-4-9)16(17)18;;/h3-9,11-12,15,20,25H,2,10,13-14H2,1H3,(H,24,26)(H,27,28,29);2*3-11,14,19H,2,12-13H2,1H3,(H2,22,24,26);3-6,8,12H,2,7,14H2,1H3;1H;1H3/t20-;2*19-;12-;;/m0000../s1. The number of aromatic nitrogens is 4. The molecule has 0 bridgehead atoms. The Morgan fingerprint density at radius 3 is 1.05 bits per heavy atom. The monoisotopic (exact) mass is 1650 g/mol. The molecule has 33 heteroatoms. The van der Waals surface area contributed by atoms with E-state index < -0.39 is 25.1 Å². The molecule has 0 unspecified atom stereocenters. The van der Waals surface area contributed by atoms with Gasteiger partial charge < -0.3 is 43.0 Å². The summed E-state index contributed by atoms with van der Waals surface area (Å²) in [4.78, 5) is 86.9. The molecule has 0 spiro atoms. The van der Waals surface area contributed by atoms with Crippen LogP contribution >= 0.6 is 62.3 Å². The van der Waals surface area contributed by atoms with Crippen LogP contribution < -0.4 is 43.2 Å². The number of rotatable bonds is 31. The van der Waals surface area contributed by atoms with E-state index in [0.29, 0.717) is 51.6 Å². The second kappa shape index (κ2) is 45.4. The minimum atomic E-state index is -4.57. The Morgan fingerprint density at radius 1 is 0.427 bits per heavy atom. The first-order chi connectivity index (χ1) is 52.0. The average molecular weight is 1660 g/mol. The number of quaternary nitrogens is 1. The van der Waals surface area contributed by atoms with Gasteiger partial charge in [-0.2, -0.15) is 0 Å². The summed E-state index contributed by atoms with van der Waals surface area (Å²) < 4.78 is 34.4. The molecule has 0 aliphatic heterocycles. The fourth-order valence-corrected chi connectivity index (χ4v) is 14.7. The number of nitro groups is 3. The Bertz CT molecular complexity index is 4620. The van der Waals surface area contributed by atoms with Crippen molar-refractivity contribution in [3.8, 4) is 0 Å². The van der Waals surface area contributed by atoms with Crippen LogP contribution in [0.1, 0.15) is 140 Å². The molecule has 0 aliphatic rings. The maximum Gasteiger partial charge on any atom is 0.315 e. The molecular weight excluding hydrogens is 1570 g/mol. The number of anilines is 1. The average Bonchev–Trinajstić information content (AvgIpc) is 1.66. The van der Waals surface area contributed by atoms with Gasteiger partial charge >= 0.3 is 12.1 Å². The molecule has 12 N–H and O–H groups in total. The summed E-state index contributed by atoms with van der Waals surface area (Å²) in [5, 5.41) is 58.4. The number of thiazole rings is 4. The van der Waals surface area contributed by atoms with E-state index in [1.807, 2.05) is 138 Å². The summed E-state index contributed by atoms with van der Waals surface area (Å²) in [6.07, 6.45) is 6.50. The van der Waals surface area contributed by atoms with Crippen molar-refractivity contribution in [3.63, 3.8) is 0 Å². The van der Waals surface area contributed by atoms with E-state index in [2.05, 4.69) is 53.4 Å². The first-order valence-electron chi connectivity index (χ1n) is 34.6. The normalized spacial score (nSPS) is 11.7. The molecule has 5 amide bonds. The largest absolute Gasteiger partial charge is 0.731 e. The number of amides is 5. The van der Waals surface area contributed by atoms with Crippen LogP contribution in [0.3, 0.4) is 0 Å². The summed E-state index contributed by atoms with van der Waals surface area (Å²) in [5.41, 5.74) is 17.2. The van der Waals surface area contributed by atoms with Crippen LogP contribution in [0.25, 0.3) is 0 Å². The Kier molecular flexibility index (Phi) is 36.4. The number of halogens is 1. The van der Waals surface area contributed by atoms with Crippen LogP contribution in [0.2, 0.25) is 0 Å². The van der Waals surface area contributed by atoms with E-state index in [0.717, 1.165) is 107 Å². The van der Waals surface area contributed by atoms with Crippen molar-refractivity contribution in [2.75, 3.05) is 4.72 Å². The number of hydrogen-bond acceptors (Lipinski definition) is 21. The quantitative estimate of drug-likeness (QED) is 0.0114. The van der Waals surface area contributed by atoms with E-state index in [4.69, 9.17) is 5.73 Å². The molecule has 580 valence electrons. The van der Waals surface area contributed by atoms with Crippen molar-refractivity contribution in [2.45, 2.75) is 129 Å². The molecule has 7 aromatic carbocycles. The first-order valence-corrected chi connectivity index (χ1v) is 39.5. The molecule has 0 saturated heterocycles. The highest BCUT2D eigenvalue weighted by molar-refractivity contribution is 8.93. The third-order valence-electron chi connectivity index (χ3n) is 16.4. The van der Waals surface area contributed by atoms with E-state index in [-0.39, 0.29) is 88.0 Å². The Morgan fingerprint density at radius 2 is 0.727 bits per heavy atom. The first kappa shape index (κ1) is 88.3. The SMILES string of the molecule is Br.CCc1csc([C@@H](N)Cc2ccc([N+](=O)[O-])cc2)n1.CCc1csc([C@H](Cc2ccc(NS(=O)(=O)[O-])cc2)NC(=O)CCc2ccccc2)n1.CCc1csc([C@H](Cc2ccc([N+](=O)[O-])cc2)NC(=O)NCc2ccccc2)n1.CCc1csc([C@H](Cc2ccc([N+](=O)[O-])cc2)NC(=O)NCc2ccccc2)n1.[NH4+]. The van der Waals surface area contributed by atoms with Crippen molar-refractivity contribution >= 4 is 113 Å². The van der Waals surface area contributed by atoms with Crippen LogP contribution in [-0.2, 0) is 86.0 Å². The lowest BCUT2D eigenvalue weighted by atomic mass is 10.0. The minimum Gasteiger partial charge on any atom is -0.731 e. The summed E-state index contributed by atoms with van der Waals surface area (Å²) in [6, 6.07) is 53.3. The van der Waals surface area contributed by atoms with Crippen molar-refractivity contribution < 1.29 is 42.1 Å². The summed E-state index contributed by atoms with van der Waals surface area (Å²) in [5.74, 6) is -0.0576. The summed E-state index contributed by atoms with van der Waals surface area (Å²) in [7, 11) is -4.57. The molecule has 11 rings (SSSR count). The van der Waals surface area contributed by atoms with E-state index in [9.17, 15) is 57.7 Å². The van der Waals surface area contributed by atoms with Crippen LogP contribution in [-0.4, -0.2) is 65.6 Å². The number of hydrogen-bond donors (Lipinski definition) is 8. The summed E-state index contributed by atoms with van der Waals surface area (Å²) >= 11 is 6.08. The third-order valence-corrected chi connectivity index (χ3v) is 20.9. The molecule has 4 heterocycles. The molecule has 4 atom stereocenters. The van der Waals surface area contributed by atoms with E-state index in [1.54, 1.807) is 59.9 Å². The molecule has 11 aromatic rings. The maximum atomic E-state index is 12.6. The van der Waals surface area contributed by atoms with Crippen LogP contribution in [0, 0.1) is 30.3 Å². The molecule has 0 aliphatic carbocycles. The number of nitrogens with zero attached hydrogens (tertiary/aromatic N) is 7. The fourth-order valence-electron chi connectivity index (χ4n) is 10.5. The molecule has 0 saturated carbocycles. The van der Waals surface area contributed by atoms with Crippen molar-refractivity contribution in [1.82, 2.24) is 52.7 Å². The second-order valence-corrected chi connectivity index (χ2v) is 29.1. The van der Waals surface area contributed by atoms with Gasteiger partial charge in [0.15, 0.2) is 10.3 Å². The predicted molar refractivity (Wildman–Crippen MR) is 438 cm³/mol. The van der Waals surface area contributed by atoms with Gasteiger partial charge in [-0.1, -0.05) is 167 Å². The number of carbonyl (C=O) groups excluding carboxylic acids is 3. The van der Waals surface area contributed by atoms with Gasteiger partial charge in [-0.25, -0.2) is 37.9 Å². The molecular formula is C77H88BrN15O12S5. The number of non-ortho nitro benzene ring substituents is 3. The number of aryl methyl sites for hydroxylation is 5. The van der Waals surface area contributed by atoms with Crippen molar-refractivity contribution in [3.05, 3.63) is 322 Å². The smallest absolute Gasteiger partial charge is 0.315 e. The highest BCUT2D eigenvalue weighted by Crippen LogP contribution is 2.29. The van der Waals surface area contributed by atoms with E-state index in [1.165, 1.54) is 82.5 Å². The van der Waals surface area contributed by atoms with Crippen LogP contribution in [0.5, 0.6) is 0 Å².